The van der Waals surface area contributed by atoms with Crippen LogP contribution in [0.4, 0.5) is 0 Å². The summed E-state index contributed by atoms with van der Waals surface area (Å²) < 4.78 is 11.0. The lowest BCUT2D eigenvalue weighted by Gasteiger charge is -2.11. The predicted molar refractivity (Wildman–Crippen MR) is 80.0 cm³/mol. The van der Waals surface area contributed by atoms with Gasteiger partial charge in [0.2, 0.25) is 0 Å². The van der Waals surface area contributed by atoms with Gasteiger partial charge in [0.1, 0.15) is 0 Å². The van der Waals surface area contributed by atoms with Gasteiger partial charge in [-0.25, -0.2) is 0 Å². The summed E-state index contributed by atoms with van der Waals surface area (Å²) in [6.45, 7) is 3.05. The minimum Gasteiger partial charge on any atom is -0.379 e. The molecule has 1 heterocycles. The summed E-state index contributed by atoms with van der Waals surface area (Å²) in [4.78, 5) is 6.00. The zero-order valence-electron chi connectivity index (χ0n) is 10.7. The van der Waals surface area contributed by atoms with Crippen molar-refractivity contribution >= 4 is 29.9 Å². The number of hydrogen-bond acceptors (Lipinski definition) is 3. The number of nitrogens with zero attached hydrogens (tertiary/aromatic N) is 2. The molecular weight excluding hydrogens is 333 g/mol. The van der Waals surface area contributed by atoms with Crippen molar-refractivity contribution in [1.82, 2.24) is 4.90 Å². The van der Waals surface area contributed by atoms with Crippen molar-refractivity contribution in [3.8, 4) is 0 Å². The largest absolute Gasteiger partial charge is 0.379 e. The standard InChI is InChI=1S/C11H23N3O2.HI/c1-14(2)11(12)13-6-4-7-15-9-10-5-3-8-16-10;/h10H,3-9H2,1-2H3,(H2,12,13);1H. The monoisotopic (exact) mass is 357 g/mol. The molecule has 0 aliphatic carbocycles. The predicted octanol–water partition coefficient (Wildman–Crippen LogP) is 1.07. The number of halogens is 1. The lowest BCUT2D eigenvalue weighted by molar-refractivity contribution is 0.0170. The Morgan fingerprint density at radius 2 is 2.29 bits per heavy atom. The van der Waals surface area contributed by atoms with Crippen LogP contribution in [-0.4, -0.2) is 57.4 Å². The zero-order valence-corrected chi connectivity index (χ0v) is 13.1. The van der Waals surface area contributed by atoms with Crippen molar-refractivity contribution in [2.45, 2.75) is 25.4 Å². The second-order valence-corrected chi connectivity index (χ2v) is 4.20. The summed E-state index contributed by atoms with van der Waals surface area (Å²) >= 11 is 0. The van der Waals surface area contributed by atoms with Crippen molar-refractivity contribution in [3.05, 3.63) is 0 Å². The van der Waals surface area contributed by atoms with Gasteiger partial charge in [-0.05, 0) is 19.3 Å². The molecule has 2 N–H and O–H groups in total. The first-order valence-corrected chi connectivity index (χ1v) is 5.86. The molecule has 0 saturated carbocycles. The maximum atomic E-state index is 5.65. The fraction of sp³-hybridized carbons (Fsp3) is 0.909. The second kappa shape index (κ2) is 9.90. The maximum absolute atomic E-state index is 5.65. The lowest BCUT2D eigenvalue weighted by atomic mass is 10.2. The second-order valence-electron chi connectivity index (χ2n) is 4.20. The first kappa shape index (κ1) is 16.9. The third kappa shape index (κ3) is 7.77. The summed E-state index contributed by atoms with van der Waals surface area (Å²) in [6.07, 6.45) is 3.51. The average molecular weight is 357 g/mol. The molecule has 5 nitrogen and oxygen atoms in total. The van der Waals surface area contributed by atoms with Crippen LogP contribution >= 0.6 is 24.0 Å². The molecule has 0 amide bonds. The lowest BCUT2D eigenvalue weighted by Crippen LogP contribution is -2.30. The molecule has 0 bridgehead atoms. The van der Waals surface area contributed by atoms with E-state index in [1.165, 1.54) is 0 Å². The first-order valence-electron chi connectivity index (χ1n) is 5.86. The van der Waals surface area contributed by atoms with Crippen LogP contribution in [0, 0.1) is 0 Å². The van der Waals surface area contributed by atoms with Gasteiger partial charge in [-0.1, -0.05) is 0 Å². The van der Waals surface area contributed by atoms with E-state index in [9.17, 15) is 0 Å². The number of hydrogen-bond donors (Lipinski definition) is 1. The summed E-state index contributed by atoms with van der Waals surface area (Å²) in [5.41, 5.74) is 5.65. The Morgan fingerprint density at radius 1 is 1.53 bits per heavy atom. The highest BCUT2D eigenvalue weighted by molar-refractivity contribution is 14.0. The average Bonchev–Trinajstić information content (AvgIpc) is 2.75. The molecule has 0 aromatic heterocycles. The fourth-order valence-corrected chi connectivity index (χ4v) is 1.49. The minimum atomic E-state index is 0. The SMILES string of the molecule is CN(C)C(N)=NCCCOCC1CCCO1.I. The van der Waals surface area contributed by atoms with Crippen molar-refractivity contribution in [1.29, 1.82) is 0 Å². The summed E-state index contributed by atoms with van der Waals surface area (Å²) in [7, 11) is 3.76. The Hall–Kier alpha value is -0.0800. The molecule has 0 spiro atoms. The van der Waals surface area contributed by atoms with E-state index in [1.807, 2.05) is 14.1 Å². The van der Waals surface area contributed by atoms with E-state index < -0.39 is 0 Å². The first-order chi connectivity index (χ1) is 7.70. The smallest absolute Gasteiger partial charge is 0.190 e. The van der Waals surface area contributed by atoms with Crippen molar-refractivity contribution in [3.63, 3.8) is 0 Å². The molecule has 102 valence electrons. The quantitative estimate of drug-likeness (QED) is 0.334. The van der Waals surface area contributed by atoms with Gasteiger partial charge in [0.25, 0.3) is 0 Å². The molecule has 6 heteroatoms. The van der Waals surface area contributed by atoms with Gasteiger partial charge in [-0.2, -0.15) is 0 Å². The molecule has 1 saturated heterocycles. The van der Waals surface area contributed by atoms with Gasteiger partial charge in [0.15, 0.2) is 5.96 Å². The summed E-state index contributed by atoms with van der Waals surface area (Å²) in [5.74, 6) is 0.569. The van der Waals surface area contributed by atoms with Crippen LogP contribution in [0.15, 0.2) is 4.99 Å². The normalized spacial score (nSPS) is 20.1. The Bertz CT molecular complexity index is 219. The Morgan fingerprint density at radius 3 is 2.88 bits per heavy atom. The van der Waals surface area contributed by atoms with Crippen molar-refractivity contribution < 1.29 is 9.47 Å². The Balaban J connectivity index is 0.00000256. The van der Waals surface area contributed by atoms with Crippen LogP contribution in [0.25, 0.3) is 0 Å². The van der Waals surface area contributed by atoms with Crippen LogP contribution in [0.5, 0.6) is 0 Å². The van der Waals surface area contributed by atoms with Crippen LogP contribution in [0.1, 0.15) is 19.3 Å². The number of rotatable bonds is 6. The highest BCUT2D eigenvalue weighted by atomic mass is 127. The number of nitrogens with two attached hydrogens (primary N) is 1. The van der Waals surface area contributed by atoms with Gasteiger partial charge in [-0.15, -0.1) is 24.0 Å². The van der Waals surface area contributed by atoms with E-state index in [2.05, 4.69) is 4.99 Å². The molecule has 1 aliphatic heterocycles. The van der Waals surface area contributed by atoms with Gasteiger partial charge in [0.05, 0.1) is 12.7 Å². The van der Waals surface area contributed by atoms with E-state index >= 15 is 0 Å². The molecule has 0 aromatic carbocycles. The summed E-state index contributed by atoms with van der Waals surface area (Å²) in [6, 6.07) is 0. The highest BCUT2D eigenvalue weighted by Gasteiger charge is 2.14. The number of aliphatic imine (C=N–C) groups is 1. The van der Waals surface area contributed by atoms with E-state index in [0.717, 1.165) is 39.0 Å². The van der Waals surface area contributed by atoms with Crippen LogP contribution in [0.2, 0.25) is 0 Å². The molecular formula is C11H24IN3O2. The summed E-state index contributed by atoms with van der Waals surface area (Å²) in [5, 5.41) is 0. The molecule has 0 radical (unpaired) electrons. The van der Waals surface area contributed by atoms with E-state index in [4.69, 9.17) is 15.2 Å². The van der Waals surface area contributed by atoms with Gasteiger partial charge in [-0.3, -0.25) is 4.99 Å². The van der Waals surface area contributed by atoms with Crippen molar-refractivity contribution in [2.75, 3.05) is 40.5 Å². The molecule has 1 atom stereocenters. The van der Waals surface area contributed by atoms with E-state index in [0.29, 0.717) is 18.7 Å². The van der Waals surface area contributed by atoms with Crippen LogP contribution in [0.3, 0.4) is 0 Å². The Kier molecular flexibility index (Phi) is 9.85. The molecule has 1 aliphatic rings. The molecule has 17 heavy (non-hydrogen) atoms. The topological polar surface area (TPSA) is 60.1 Å². The molecule has 0 aromatic rings. The van der Waals surface area contributed by atoms with E-state index in [-0.39, 0.29) is 24.0 Å². The fourth-order valence-electron chi connectivity index (χ4n) is 1.49. The third-order valence-electron chi connectivity index (χ3n) is 2.51. The van der Waals surface area contributed by atoms with E-state index in [1.54, 1.807) is 4.90 Å². The van der Waals surface area contributed by atoms with Gasteiger partial charge < -0.3 is 20.1 Å². The number of ether oxygens (including phenoxy) is 2. The third-order valence-corrected chi connectivity index (χ3v) is 2.51. The van der Waals surface area contributed by atoms with Crippen LogP contribution in [-0.2, 0) is 9.47 Å². The highest BCUT2D eigenvalue weighted by Crippen LogP contribution is 2.11. The molecule has 1 rings (SSSR count). The molecule has 1 unspecified atom stereocenters. The van der Waals surface area contributed by atoms with Crippen molar-refractivity contribution in [2.24, 2.45) is 10.7 Å². The van der Waals surface area contributed by atoms with Gasteiger partial charge >= 0.3 is 0 Å². The van der Waals surface area contributed by atoms with Crippen LogP contribution < -0.4 is 5.73 Å². The minimum absolute atomic E-state index is 0. The zero-order chi connectivity index (χ0) is 11.8. The maximum Gasteiger partial charge on any atom is 0.190 e. The molecule has 1 fully saturated rings. The Labute approximate surface area is 121 Å². The van der Waals surface area contributed by atoms with Gasteiger partial charge in [0, 0.05) is 33.9 Å². The number of guanidine groups is 1.